The molecule has 0 radical (unpaired) electrons. The first-order chi connectivity index (χ1) is 13.1. The van der Waals surface area contributed by atoms with Crippen LogP contribution in [0.15, 0.2) is 42.5 Å². The highest BCUT2D eigenvalue weighted by Crippen LogP contribution is 2.29. The number of nitrogens with zero attached hydrogens (tertiary/aromatic N) is 1. The first kappa shape index (κ1) is 17.5. The van der Waals surface area contributed by atoms with E-state index in [4.69, 9.17) is 0 Å². The topological polar surface area (TPSA) is 78.5 Å². The molecule has 2 aromatic rings. The third-order valence-corrected chi connectivity index (χ3v) is 5.54. The van der Waals surface area contributed by atoms with Crippen LogP contribution in [-0.2, 0) is 9.59 Å². The Morgan fingerprint density at radius 2 is 1.78 bits per heavy atom. The van der Waals surface area contributed by atoms with Crippen molar-refractivity contribution in [3.05, 3.63) is 42.5 Å². The van der Waals surface area contributed by atoms with Gasteiger partial charge in [-0.05, 0) is 30.2 Å². The number of carbonyl (C=O) groups is 3. The van der Waals surface area contributed by atoms with Crippen molar-refractivity contribution < 1.29 is 14.4 Å². The molecule has 4 amide bonds. The Balaban J connectivity index is 1.44. The molecule has 1 aliphatic heterocycles. The van der Waals surface area contributed by atoms with Gasteiger partial charge in [0.1, 0.15) is 12.6 Å². The summed E-state index contributed by atoms with van der Waals surface area (Å²) in [5.74, 6) is -0.472. The predicted octanol–water partition coefficient (Wildman–Crippen LogP) is 3.28. The van der Waals surface area contributed by atoms with Crippen LogP contribution in [0.5, 0.6) is 0 Å². The Morgan fingerprint density at radius 1 is 1.04 bits per heavy atom. The Labute approximate surface area is 157 Å². The number of nitrogens with one attached hydrogen (secondary N) is 2. The summed E-state index contributed by atoms with van der Waals surface area (Å²) < 4.78 is 0. The molecular formula is C21H23N3O3. The van der Waals surface area contributed by atoms with Gasteiger partial charge in [0.2, 0.25) is 5.91 Å². The molecule has 140 valence electrons. The minimum atomic E-state index is -0.483. The van der Waals surface area contributed by atoms with E-state index in [2.05, 4.69) is 10.6 Å². The lowest BCUT2D eigenvalue weighted by atomic mass is 9.84. The molecule has 1 atom stereocenters. The minimum Gasteiger partial charge on any atom is -0.326 e. The standard InChI is InChI=1S/C21H23N3O3/c25-18(22-17-12-6-10-14-7-4-5-11-16(14)17)13-24-20(26)19(23-21(24)27)15-8-2-1-3-9-15/h4-7,10-12,15,19H,1-3,8-9,13H2,(H,22,25)(H,23,27)/t19-/m1/s1. The average Bonchev–Trinajstić information content (AvgIpc) is 2.97. The molecule has 2 fully saturated rings. The summed E-state index contributed by atoms with van der Waals surface area (Å²) in [5, 5.41) is 7.55. The second-order valence-electron chi connectivity index (χ2n) is 7.32. The van der Waals surface area contributed by atoms with Crippen molar-refractivity contribution in [3.8, 4) is 0 Å². The van der Waals surface area contributed by atoms with E-state index in [9.17, 15) is 14.4 Å². The number of benzene rings is 2. The molecule has 1 saturated carbocycles. The average molecular weight is 365 g/mol. The zero-order valence-corrected chi connectivity index (χ0v) is 15.1. The quantitative estimate of drug-likeness (QED) is 0.816. The van der Waals surface area contributed by atoms with Crippen LogP contribution in [0.4, 0.5) is 10.5 Å². The maximum Gasteiger partial charge on any atom is 0.325 e. The van der Waals surface area contributed by atoms with Crippen LogP contribution in [0.1, 0.15) is 32.1 Å². The zero-order chi connectivity index (χ0) is 18.8. The van der Waals surface area contributed by atoms with Crippen molar-refractivity contribution in [1.82, 2.24) is 10.2 Å². The fourth-order valence-corrected chi connectivity index (χ4v) is 4.15. The largest absolute Gasteiger partial charge is 0.326 e. The van der Waals surface area contributed by atoms with Gasteiger partial charge in [0, 0.05) is 11.1 Å². The lowest BCUT2D eigenvalue weighted by Crippen LogP contribution is -2.40. The normalized spacial score (nSPS) is 20.7. The summed E-state index contributed by atoms with van der Waals surface area (Å²) in [6, 6.07) is 12.4. The highest BCUT2D eigenvalue weighted by atomic mass is 16.2. The van der Waals surface area contributed by atoms with Gasteiger partial charge in [0.05, 0.1) is 0 Å². The van der Waals surface area contributed by atoms with Crippen LogP contribution in [0, 0.1) is 5.92 Å². The van der Waals surface area contributed by atoms with Crippen molar-refractivity contribution >= 4 is 34.3 Å². The van der Waals surface area contributed by atoms with Crippen molar-refractivity contribution in [2.75, 3.05) is 11.9 Å². The Kier molecular flexibility index (Phi) is 4.79. The molecule has 1 aliphatic carbocycles. The number of amides is 4. The summed E-state index contributed by atoms with van der Waals surface area (Å²) in [4.78, 5) is 38.5. The van der Waals surface area contributed by atoms with Crippen LogP contribution >= 0.6 is 0 Å². The van der Waals surface area contributed by atoms with Gasteiger partial charge in [-0.2, -0.15) is 0 Å². The lowest BCUT2D eigenvalue weighted by molar-refractivity contribution is -0.131. The molecule has 0 aromatic heterocycles. The molecule has 6 heteroatoms. The summed E-state index contributed by atoms with van der Waals surface area (Å²) in [6.45, 7) is -0.267. The predicted molar refractivity (Wildman–Crippen MR) is 103 cm³/mol. The summed E-state index contributed by atoms with van der Waals surface area (Å²) in [6.07, 6.45) is 5.26. The molecule has 0 bridgehead atoms. The van der Waals surface area contributed by atoms with E-state index in [1.54, 1.807) is 0 Å². The van der Waals surface area contributed by atoms with Crippen LogP contribution in [0.25, 0.3) is 10.8 Å². The van der Waals surface area contributed by atoms with E-state index in [1.807, 2.05) is 42.5 Å². The molecule has 1 saturated heterocycles. The number of anilines is 1. The van der Waals surface area contributed by atoms with E-state index in [-0.39, 0.29) is 24.3 Å². The molecule has 2 N–H and O–H groups in total. The second kappa shape index (κ2) is 7.39. The van der Waals surface area contributed by atoms with E-state index >= 15 is 0 Å². The number of hydrogen-bond donors (Lipinski definition) is 2. The van der Waals surface area contributed by atoms with Gasteiger partial charge >= 0.3 is 6.03 Å². The number of rotatable bonds is 4. The van der Waals surface area contributed by atoms with Crippen LogP contribution in [-0.4, -0.2) is 35.3 Å². The molecule has 4 rings (SSSR count). The van der Waals surface area contributed by atoms with E-state index in [0.29, 0.717) is 5.69 Å². The van der Waals surface area contributed by atoms with Crippen molar-refractivity contribution in [1.29, 1.82) is 0 Å². The molecule has 6 nitrogen and oxygen atoms in total. The van der Waals surface area contributed by atoms with Crippen molar-refractivity contribution in [2.45, 2.75) is 38.1 Å². The smallest absolute Gasteiger partial charge is 0.325 e. The minimum absolute atomic E-state index is 0.182. The van der Waals surface area contributed by atoms with Crippen LogP contribution in [0.2, 0.25) is 0 Å². The maximum atomic E-state index is 12.7. The number of urea groups is 1. The highest BCUT2D eigenvalue weighted by Gasteiger charge is 2.43. The lowest BCUT2D eigenvalue weighted by Gasteiger charge is -2.25. The highest BCUT2D eigenvalue weighted by molar-refractivity contribution is 6.09. The fraction of sp³-hybridized carbons (Fsp3) is 0.381. The third kappa shape index (κ3) is 3.52. The molecule has 2 aliphatic rings. The number of hydrogen-bond acceptors (Lipinski definition) is 3. The Bertz CT molecular complexity index is 884. The number of imide groups is 1. The van der Waals surface area contributed by atoms with E-state index in [1.165, 1.54) is 6.42 Å². The zero-order valence-electron chi connectivity index (χ0n) is 15.1. The summed E-state index contributed by atoms with van der Waals surface area (Å²) in [7, 11) is 0. The molecular weight excluding hydrogens is 342 g/mol. The van der Waals surface area contributed by atoms with Crippen molar-refractivity contribution in [2.24, 2.45) is 5.92 Å². The van der Waals surface area contributed by atoms with Crippen LogP contribution in [0.3, 0.4) is 0 Å². The van der Waals surface area contributed by atoms with Gasteiger partial charge in [-0.25, -0.2) is 4.79 Å². The molecule has 2 aromatic carbocycles. The first-order valence-electron chi connectivity index (χ1n) is 9.53. The van der Waals surface area contributed by atoms with E-state index in [0.717, 1.165) is 41.4 Å². The molecule has 0 unspecified atom stereocenters. The van der Waals surface area contributed by atoms with Gasteiger partial charge in [0.25, 0.3) is 5.91 Å². The van der Waals surface area contributed by atoms with Gasteiger partial charge < -0.3 is 10.6 Å². The fourth-order valence-electron chi connectivity index (χ4n) is 4.15. The number of carbonyl (C=O) groups excluding carboxylic acids is 3. The second-order valence-corrected chi connectivity index (χ2v) is 7.32. The summed E-state index contributed by atoms with van der Waals surface area (Å²) >= 11 is 0. The van der Waals surface area contributed by atoms with Gasteiger partial charge in [-0.15, -0.1) is 0 Å². The van der Waals surface area contributed by atoms with Crippen LogP contribution < -0.4 is 10.6 Å². The van der Waals surface area contributed by atoms with E-state index < -0.39 is 12.1 Å². The SMILES string of the molecule is O=C(CN1C(=O)N[C@H](C2CCCCC2)C1=O)Nc1cccc2ccccc12. The monoisotopic (exact) mass is 365 g/mol. The van der Waals surface area contributed by atoms with Gasteiger partial charge in [-0.3, -0.25) is 14.5 Å². The maximum absolute atomic E-state index is 12.7. The van der Waals surface area contributed by atoms with Crippen molar-refractivity contribution in [3.63, 3.8) is 0 Å². The van der Waals surface area contributed by atoms with Gasteiger partial charge in [-0.1, -0.05) is 55.7 Å². The summed E-state index contributed by atoms with van der Waals surface area (Å²) in [5.41, 5.74) is 0.675. The Hall–Kier alpha value is -2.89. The molecule has 27 heavy (non-hydrogen) atoms. The third-order valence-electron chi connectivity index (χ3n) is 5.54. The molecule has 0 spiro atoms. The Morgan fingerprint density at radius 3 is 2.59 bits per heavy atom. The number of fused-ring (bicyclic) bond motifs is 1. The van der Waals surface area contributed by atoms with Gasteiger partial charge in [0.15, 0.2) is 0 Å². The first-order valence-corrected chi connectivity index (χ1v) is 9.53. The molecule has 1 heterocycles.